The fourth-order valence-electron chi connectivity index (χ4n) is 1.49. The van der Waals surface area contributed by atoms with Gasteiger partial charge in [0, 0.05) is 7.97 Å². The van der Waals surface area contributed by atoms with Crippen molar-refractivity contribution in [3.63, 3.8) is 0 Å². The van der Waals surface area contributed by atoms with Crippen LogP contribution < -0.4 is 11.3 Å². The van der Waals surface area contributed by atoms with Crippen molar-refractivity contribution in [3.8, 4) is 0 Å². The molecule has 7 heteroatoms. The Hall–Kier alpha value is -1.63. The van der Waals surface area contributed by atoms with Gasteiger partial charge >= 0.3 is 0 Å². The summed E-state index contributed by atoms with van der Waals surface area (Å²) >= 11 is 5.10. The molecule has 0 aliphatic carbocycles. The van der Waals surface area contributed by atoms with Crippen molar-refractivity contribution >= 4 is 29.3 Å². The van der Waals surface area contributed by atoms with Crippen LogP contribution in [0.15, 0.2) is 4.79 Å². The van der Waals surface area contributed by atoms with Gasteiger partial charge < -0.3 is 15.3 Å². The van der Waals surface area contributed by atoms with Gasteiger partial charge in [0.05, 0.1) is 0 Å². The van der Waals surface area contributed by atoms with Gasteiger partial charge in [0.1, 0.15) is 0 Å². The molecule has 0 atom stereocenters. The summed E-state index contributed by atoms with van der Waals surface area (Å²) in [5.74, 6) is 0.103. The van der Waals surface area contributed by atoms with Crippen molar-refractivity contribution < 1.29 is 1.43 Å². The van der Waals surface area contributed by atoms with Gasteiger partial charge in [-0.25, -0.2) is 0 Å². The van der Waals surface area contributed by atoms with Gasteiger partial charge in [-0.05, 0) is 18.6 Å². The minimum atomic E-state index is -0.293. The molecule has 0 aliphatic rings. The molecule has 2 aromatic rings. The SMILES string of the molecule is CCCn1c(=S)[nH]c2c(=O)[nH]c(N)nc21.[HH]. The average molecular weight is 227 g/mol. The van der Waals surface area contributed by atoms with E-state index in [0.29, 0.717) is 22.5 Å². The molecule has 0 bridgehead atoms. The molecule has 2 aromatic heterocycles. The highest BCUT2D eigenvalue weighted by Gasteiger charge is 2.09. The zero-order chi connectivity index (χ0) is 11.0. The number of hydrogen-bond acceptors (Lipinski definition) is 4. The van der Waals surface area contributed by atoms with E-state index >= 15 is 0 Å². The standard InChI is InChI=1S/C8H11N5OS.H2/c1-2-3-13-5-4(10-8(13)15)6(14)12-7(9)11-5;/h2-3H2,1H3,(H,10,15)(H3,9,11,12,14);1H. The summed E-state index contributed by atoms with van der Waals surface area (Å²) in [6.45, 7) is 2.74. The molecule has 6 nitrogen and oxygen atoms in total. The highest BCUT2D eigenvalue weighted by molar-refractivity contribution is 7.71. The third-order valence-corrected chi connectivity index (χ3v) is 2.42. The smallest absolute Gasteiger partial charge is 0.278 e. The number of aromatic amines is 2. The molecule has 0 radical (unpaired) electrons. The largest absolute Gasteiger partial charge is 0.369 e. The minimum absolute atomic E-state index is 0. The second-order valence-electron chi connectivity index (χ2n) is 3.23. The van der Waals surface area contributed by atoms with Gasteiger partial charge in [0.2, 0.25) is 5.95 Å². The van der Waals surface area contributed by atoms with Gasteiger partial charge in [0.15, 0.2) is 15.9 Å². The number of H-pyrrole nitrogens is 2. The maximum atomic E-state index is 11.5. The molecule has 0 aliphatic heterocycles. The monoisotopic (exact) mass is 227 g/mol. The van der Waals surface area contributed by atoms with E-state index in [9.17, 15) is 4.79 Å². The lowest BCUT2D eigenvalue weighted by Gasteiger charge is -2.00. The van der Waals surface area contributed by atoms with Crippen LogP contribution in [0, 0.1) is 4.77 Å². The third-order valence-electron chi connectivity index (χ3n) is 2.10. The van der Waals surface area contributed by atoms with Crippen molar-refractivity contribution in [2.75, 3.05) is 5.73 Å². The van der Waals surface area contributed by atoms with E-state index in [1.54, 1.807) is 4.57 Å². The highest BCUT2D eigenvalue weighted by Crippen LogP contribution is 2.08. The number of rotatable bonds is 2. The summed E-state index contributed by atoms with van der Waals surface area (Å²) < 4.78 is 2.27. The summed E-state index contributed by atoms with van der Waals surface area (Å²) in [7, 11) is 0. The summed E-state index contributed by atoms with van der Waals surface area (Å²) in [6, 6.07) is 0. The maximum absolute atomic E-state index is 11.5. The highest BCUT2D eigenvalue weighted by atomic mass is 32.1. The number of nitrogens with one attached hydrogen (secondary N) is 2. The van der Waals surface area contributed by atoms with E-state index in [1.165, 1.54) is 0 Å². The number of anilines is 1. The molecule has 15 heavy (non-hydrogen) atoms. The first-order chi connectivity index (χ1) is 7.13. The second-order valence-corrected chi connectivity index (χ2v) is 3.62. The number of aryl methyl sites for hydroxylation is 1. The molecular weight excluding hydrogens is 214 g/mol. The lowest BCUT2D eigenvalue weighted by Crippen LogP contribution is -2.12. The van der Waals surface area contributed by atoms with Crippen molar-refractivity contribution in [1.82, 2.24) is 19.5 Å². The quantitative estimate of drug-likeness (QED) is 0.668. The van der Waals surface area contributed by atoms with Crippen LogP contribution in [0.25, 0.3) is 11.2 Å². The van der Waals surface area contributed by atoms with Crippen LogP contribution in [0.4, 0.5) is 5.95 Å². The fourth-order valence-corrected chi connectivity index (χ4v) is 1.77. The number of nitrogens with two attached hydrogens (primary N) is 1. The lowest BCUT2D eigenvalue weighted by atomic mass is 10.4. The zero-order valence-electron chi connectivity index (χ0n) is 8.20. The van der Waals surface area contributed by atoms with Gasteiger partial charge in [-0.15, -0.1) is 0 Å². The second kappa shape index (κ2) is 3.50. The molecule has 2 heterocycles. The number of hydrogen-bond donors (Lipinski definition) is 3. The molecule has 0 amide bonds. The van der Waals surface area contributed by atoms with E-state index in [-0.39, 0.29) is 12.9 Å². The Labute approximate surface area is 91.6 Å². The van der Waals surface area contributed by atoms with E-state index in [0.717, 1.165) is 6.42 Å². The fraction of sp³-hybridized carbons (Fsp3) is 0.375. The minimum Gasteiger partial charge on any atom is -0.369 e. The van der Waals surface area contributed by atoms with Crippen LogP contribution in [-0.2, 0) is 6.54 Å². The Morgan fingerprint density at radius 1 is 1.60 bits per heavy atom. The van der Waals surface area contributed by atoms with E-state index in [2.05, 4.69) is 15.0 Å². The van der Waals surface area contributed by atoms with Crippen molar-refractivity contribution in [2.45, 2.75) is 19.9 Å². The van der Waals surface area contributed by atoms with Crippen LogP contribution in [-0.4, -0.2) is 19.5 Å². The van der Waals surface area contributed by atoms with Gasteiger partial charge in [0.25, 0.3) is 5.56 Å². The molecule has 0 unspecified atom stereocenters. The number of fused-ring (bicyclic) bond motifs is 1. The van der Waals surface area contributed by atoms with Gasteiger partial charge in [-0.3, -0.25) is 9.78 Å². The zero-order valence-corrected chi connectivity index (χ0v) is 9.02. The van der Waals surface area contributed by atoms with Crippen LogP contribution >= 0.6 is 12.2 Å². The summed E-state index contributed by atoms with van der Waals surface area (Å²) in [4.78, 5) is 20.8. The molecule has 0 saturated carbocycles. The van der Waals surface area contributed by atoms with Crippen LogP contribution in [0.5, 0.6) is 0 Å². The summed E-state index contributed by atoms with van der Waals surface area (Å²) in [6.07, 6.45) is 0.912. The lowest BCUT2D eigenvalue weighted by molar-refractivity contribution is 0.683. The Balaban J connectivity index is 0.00000128. The Morgan fingerprint density at radius 3 is 3.00 bits per heavy atom. The third kappa shape index (κ3) is 1.54. The Kier molecular flexibility index (Phi) is 2.31. The summed E-state index contributed by atoms with van der Waals surface area (Å²) in [5, 5.41) is 0. The van der Waals surface area contributed by atoms with Crippen molar-refractivity contribution in [2.24, 2.45) is 0 Å². The molecule has 0 fully saturated rings. The van der Waals surface area contributed by atoms with E-state index in [1.807, 2.05) is 6.92 Å². The van der Waals surface area contributed by atoms with Crippen LogP contribution in [0.3, 0.4) is 0 Å². The average Bonchev–Trinajstić information content (AvgIpc) is 2.46. The number of imidazole rings is 1. The van der Waals surface area contributed by atoms with Crippen LogP contribution in [0.2, 0.25) is 0 Å². The summed E-state index contributed by atoms with van der Waals surface area (Å²) in [5.41, 5.74) is 6.07. The Bertz CT molecular complexity index is 613. The van der Waals surface area contributed by atoms with Crippen LogP contribution in [0.1, 0.15) is 14.8 Å². The number of nitrogens with zero attached hydrogens (tertiary/aromatic N) is 2. The van der Waals surface area contributed by atoms with E-state index < -0.39 is 0 Å². The number of aromatic nitrogens is 4. The normalized spacial score (nSPS) is 11.0. The van der Waals surface area contributed by atoms with Crippen molar-refractivity contribution in [1.29, 1.82) is 0 Å². The molecule has 0 saturated heterocycles. The topological polar surface area (TPSA) is 92.5 Å². The Morgan fingerprint density at radius 2 is 2.33 bits per heavy atom. The first kappa shape index (κ1) is 9.91. The molecule has 82 valence electrons. The molecule has 2 rings (SSSR count). The first-order valence-electron chi connectivity index (χ1n) is 4.61. The van der Waals surface area contributed by atoms with Gasteiger partial charge in [-0.1, -0.05) is 6.92 Å². The molecular formula is C8H13N5OS. The van der Waals surface area contributed by atoms with E-state index in [4.69, 9.17) is 18.0 Å². The number of nitrogen functional groups attached to an aromatic ring is 1. The van der Waals surface area contributed by atoms with Gasteiger partial charge in [-0.2, -0.15) is 4.98 Å². The first-order valence-corrected chi connectivity index (χ1v) is 5.02. The van der Waals surface area contributed by atoms with Crippen molar-refractivity contribution in [3.05, 3.63) is 15.1 Å². The molecule has 0 aromatic carbocycles. The predicted molar refractivity (Wildman–Crippen MR) is 62.4 cm³/mol. The predicted octanol–water partition coefficient (Wildman–Crippen LogP) is 1.02. The maximum Gasteiger partial charge on any atom is 0.278 e. The molecule has 0 spiro atoms. The molecule has 4 N–H and O–H groups in total.